The average Bonchev–Trinajstić information content (AvgIpc) is 3.02. The Bertz CT molecular complexity index is 466. The zero-order valence-corrected chi connectivity index (χ0v) is 11.5. The quantitative estimate of drug-likeness (QED) is 0.881. The minimum absolute atomic E-state index is 0.0286. The number of carbonyl (C=O) groups excluding carboxylic acids is 1. The summed E-state index contributed by atoms with van der Waals surface area (Å²) in [5.41, 5.74) is 6.07. The highest BCUT2D eigenvalue weighted by atomic mass is 16.2. The molecule has 0 radical (unpaired) electrons. The van der Waals surface area contributed by atoms with Crippen molar-refractivity contribution in [1.29, 1.82) is 0 Å². The lowest BCUT2D eigenvalue weighted by atomic mass is 10.0. The van der Waals surface area contributed by atoms with E-state index in [0.29, 0.717) is 12.6 Å². The molecule has 0 saturated heterocycles. The first-order valence-corrected chi connectivity index (χ1v) is 7.19. The van der Waals surface area contributed by atoms with Crippen molar-refractivity contribution >= 4 is 5.91 Å². The highest BCUT2D eigenvalue weighted by Gasteiger charge is 2.39. The maximum absolute atomic E-state index is 12.7. The van der Waals surface area contributed by atoms with Gasteiger partial charge in [-0.05, 0) is 25.7 Å². The van der Waals surface area contributed by atoms with Crippen molar-refractivity contribution in [2.45, 2.75) is 50.7 Å². The molecule has 2 saturated carbocycles. The third-order valence-corrected chi connectivity index (χ3v) is 4.39. The Morgan fingerprint density at radius 3 is 2.79 bits per heavy atom. The molecule has 19 heavy (non-hydrogen) atoms. The second kappa shape index (κ2) is 4.96. The van der Waals surface area contributed by atoms with Gasteiger partial charge in [-0.2, -0.15) is 0 Å². The Balaban J connectivity index is 1.74. The fourth-order valence-corrected chi connectivity index (χ4v) is 2.98. The summed E-state index contributed by atoms with van der Waals surface area (Å²) in [6, 6.07) is 0.465. The standard InChI is InChI=1S/C14H22N4O/c1-17-8-7-16-13(17)9-18(10-5-6-10)14(19)11-3-2-4-12(11)15/h7-8,10-12H,2-6,9,15H2,1H3. The Labute approximate surface area is 113 Å². The van der Waals surface area contributed by atoms with E-state index < -0.39 is 0 Å². The largest absolute Gasteiger partial charge is 0.337 e. The average molecular weight is 262 g/mol. The first-order valence-electron chi connectivity index (χ1n) is 7.19. The van der Waals surface area contributed by atoms with Crippen LogP contribution >= 0.6 is 0 Å². The van der Waals surface area contributed by atoms with E-state index in [2.05, 4.69) is 4.98 Å². The summed E-state index contributed by atoms with van der Waals surface area (Å²) in [4.78, 5) is 19.0. The number of hydrogen-bond donors (Lipinski definition) is 1. The van der Waals surface area contributed by atoms with Crippen molar-refractivity contribution in [2.75, 3.05) is 0 Å². The number of nitrogens with two attached hydrogens (primary N) is 1. The lowest BCUT2D eigenvalue weighted by Crippen LogP contribution is -2.42. The van der Waals surface area contributed by atoms with E-state index in [1.165, 1.54) is 0 Å². The predicted molar refractivity (Wildman–Crippen MR) is 72.1 cm³/mol. The second-order valence-corrected chi connectivity index (χ2v) is 5.85. The number of nitrogens with zero attached hydrogens (tertiary/aromatic N) is 3. The SMILES string of the molecule is Cn1ccnc1CN(C(=O)C1CCCC1N)C1CC1. The van der Waals surface area contributed by atoms with Crippen LogP contribution in [0.25, 0.3) is 0 Å². The lowest BCUT2D eigenvalue weighted by Gasteiger charge is -2.27. The fraction of sp³-hybridized carbons (Fsp3) is 0.714. The summed E-state index contributed by atoms with van der Waals surface area (Å²) < 4.78 is 1.98. The number of carbonyl (C=O) groups is 1. The first-order chi connectivity index (χ1) is 9.16. The lowest BCUT2D eigenvalue weighted by molar-refractivity contribution is -0.137. The number of aromatic nitrogens is 2. The summed E-state index contributed by atoms with van der Waals surface area (Å²) in [7, 11) is 1.97. The highest BCUT2D eigenvalue weighted by molar-refractivity contribution is 5.80. The van der Waals surface area contributed by atoms with Crippen LogP contribution in [0.1, 0.15) is 37.9 Å². The molecular weight excluding hydrogens is 240 g/mol. The van der Waals surface area contributed by atoms with Gasteiger partial charge in [-0.1, -0.05) is 6.42 Å². The topological polar surface area (TPSA) is 64.2 Å². The molecule has 3 rings (SSSR count). The van der Waals surface area contributed by atoms with E-state index in [-0.39, 0.29) is 17.9 Å². The molecule has 2 unspecified atom stereocenters. The molecule has 2 aliphatic rings. The van der Waals surface area contributed by atoms with Crippen molar-refractivity contribution in [1.82, 2.24) is 14.5 Å². The monoisotopic (exact) mass is 262 g/mol. The van der Waals surface area contributed by atoms with Crippen LogP contribution in [0.15, 0.2) is 12.4 Å². The molecule has 5 nitrogen and oxygen atoms in total. The van der Waals surface area contributed by atoms with Gasteiger partial charge in [-0.15, -0.1) is 0 Å². The Kier molecular flexibility index (Phi) is 3.31. The molecule has 2 fully saturated rings. The van der Waals surface area contributed by atoms with Crippen molar-refractivity contribution < 1.29 is 4.79 Å². The highest BCUT2D eigenvalue weighted by Crippen LogP contribution is 2.33. The summed E-state index contributed by atoms with van der Waals surface area (Å²) in [5.74, 6) is 1.23. The van der Waals surface area contributed by atoms with Gasteiger partial charge in [0, 0.05) is 31.5 Å². The van der Waals surface area contributed by atoms with Gasteiger partial charge in [0.25, 0.3) is 0 Å². The van der Waals surface area contributed by atoms with Crippen molar-refractivity contribution in [3.63, 3.8) is 0 Å². The number of hydrogen-bond acceptors (Lipinski definition) is 3. The molecule has 0 bridgehead atoms. The van der Waals surface area contributed by atoms with Gasteiger partial charge in [0.05, 0.1) is 12.5 Å². The van der Waals surface area contributed by atoms with Crippen molar-refractivity contribution in [3.8, 4) is 0 Å². The van der Waals surface area contributed by atoms with Gasteiger partial charge in [-0.25, -0.2) is 4.98 Å². The molecule has 2 N–H and O–H groups in total. The van der Waals surface area contributed by atoms with Crippen LogP contribution in [0.4, 0.5) is 0 Å². The van der Waals surface area contributed by atoms with E-state index in [1.807, 2.05) is 22.7 Å². The van der Waals surface area contributed by atoms with E-state index in [1.54, 1.807) is 6.20 Å². The number of imidazole rings is 1. The van der Waals surface area contributed by atoms with Crippen LogP contribution in [0.2, 0.25) is 0 Å². The van der Waals surface area contributed by atoms with E-state index >= 15 is 0 Å². The smallest absolute Gasteiger partial charge is 0.227 e. The van der Waals surface area contributed by atoms with Gasteiger partial charge in [0.2, 0.25) is 5.91 Å². The normalized spacial score (nSPS) is 26.6. The Morgan fingerprint density at radius 2 is 2.26 bits per heavy atom. The zero-order chi connectivity index (χ0) is 13.4. The van der Waals surface area contributed by atoms with Gasteiger partial charge >= 0.3 is 0 Å². The third kappa shape index (κ3) is 2.52. The summed E-state index contributed by atoms with van der Waals surface area (Å²) >= 11 is 0. The third-order valence-electron chi connectivity index (χ3n) is 4.39. The van der Waals surface area contributed by atoms with E-state index in [0.717, 1.165) is 37.9 Å². The van der Waals surface area contributed by atoms with Gasteiger partial charge in [-0.3, -0.25) is 4.79 Å². The molecule has 0 spiro atoms. The van der Waals surface area contributed by atoms with E-state index in [4.69, 9.17) is 5.73 Å². The molecule has 1 aromatic rings. The summed E-state index contributed by atoms with van der Waals surface area (Å²) in [6.07, 6.45) is 8.97. The van der Waals surface area contributed by atoms with Crippen LogP contribution < -0.4 is 5.73 Å². The zero-order valence-electron chi connectivity index (χ0n) is 11.5. The van der Waals surface area contributed by atoms with Gasteiger partial charge < -0.3 is 15.2 Å². The number of rotatable bonds is 4. The molecule has 0 aliphatic heterocycles. The molecule has 1 heterocycles. The van der Waals surface area contributed by atoms with Crippen LogP contribution in [-0.4, -0.2) is 32.4 Å². The minimum Gasteiger partial charge on any atom is -0.337 e. The Hall–Kier alpha value is -1.36. The molecular formula is C14H22N4O. The van der Waals surface area contributed by atoms with Crippen molar-refractivity contribution in [2.24, 2.45) is 18.7 Å². The summed E-state index contributed by atoms with van der Waals surface area (Å²) in [5, 5.41) is 0. The van der Waals surface area contributed by atoms with Crippen LogP contribution in [0.3, 0.4) is 0 Å². The van der Waals surface area contributed by atoms with Gasteiger partial charge in [0.15, 0.2) is 0 Å². The summed E-state index contributed by atoms with van der Waals surface area (Å²) in [6.45, 7) is 0.621. The molecule has 0 aromatic carbocycles. The first kappa shape index (κ1) is 12.7. The Morgan fingerprint density at radius 1 is 1.47 bits per heavy atom. The van der Waals surface area contributed by atoms with Gasteiger partial charge in [0.1, 0.15) is 5.82 Å². The predicted octanol–water partition coefficient (Wildman–Crippen LogP) is 1.04. The maximum Gasteiger partial charge on any atom is 0.227 e. The molecule has 1 aromatic heterocycles. The van der Waals surface area contributed by atoms with Crippen LogP contribution in [0.5, 0.6) is 0 Å². The molecule has 2 atom stereocenters. The van der Waals surface area contributed by atoms with Crippen LogP contribution in [-0.2, 0) is 18.4 Å². The number of aryl methyl sites for hydroxylation is 1. The second-order valence-electron chi connectivity index (χ2n) is 5.85. The minimum atomic E-state index is 0.0286. The van der Waals surface area contributed by atoms with Crippen molar-refractivity contribution in [3.05, 3.63) is 18.2 Å². The molecule has 1 amide bonds. The number of amides is 1. The molecule has 104 valence electrons. The fourth-order valence-electron chi connectivity index (χ4n) is 2.98. The molecule has 2 aliphatic carbocycles. The van der Waals surface area contributed by atoms with E-state index in [9.17, 15) is 4.79 Å². The molecule has 5 heteroatoms. The van der Waals surface area contributed by atoms with Crippen LogP contribution in [0, 0.1) is 5.92 Å². The maximum atomic E-state index is 12.7.